The Hall–Kier alpha value is 0.324. The van der Waals surface area contributed by atoms with Crippen LogP contribution < -0.4 is 0 Å². The van der Waals surface area contributed by atoms with Crippen LogP contribution in [0.4, 0.5) is 0 Å². The van der Waals surface area contributed by atoms with Gasteiger partial charge in [-0.15, -0.1) is 0 Å². The van der Waals surface area contributed by atoms with E-state index in [1.165, 1.54) is 26.2 Å². The van der Waals surface area contributed by atoms with E-state index in [1.54, 1.807) is 0 Å². The largest absolute Gasteiger partial charge is 0.475 e. The van der Waals surface area contributed by atoms with Gasteiger partial charge in [-0.2, -0.15) is 0 Å². The summed E-state index contributed by atoms with van der Waals surface area (Å²) in [6.07, 6.45) is 0. The fourth-order valence-corrected chi connectivity index (χ4v) is 2.12. The van der Waals surface area contributed by atoms with Crippen LogP contribution in [0.15, 0.2) is 0 Å². The Bertz CT molecular complexity index is 160. The molecule has 10 heteroatoms. The highest BCUT2D eigenvalue weighted by Gasteiger charge is 2.41. The first-order valence-corrected chi connectivity index (χ1v) is 9.89. The third kappa shape index (κ3) is 7.70. The monoisotopic (exact) mass is 238 g/mol. The van der Waals surface area contributed by atoms with E-state index in [0.29, 0.717) is 0 Å². The van der Waals surface area contributed by atoms with Gasteiger partial charge in [0.15, 0.2) is 0 Å². The first-order valence-electron chi connectivity index (χ1n) is 4.18. The second-order valence-electron chi connectivity index (χ2n) is 3.91. The molecule has 0 spiro atoms. The maximum Gasteiger partial charge on any atom is 0.475 e. The summed E-state index contributed by atoms with van der Waals surface area (Å²) in [7, 11) is -9.11. The Morgan fingerprint density at radius 2 is 1.00 bits per heavy atom. The number of rotatable bonds is 5. The average Bonchev–Trinajstić information content (AvgIpc) is 1.78. The molecule has 0 bridgehead atoms. The molecule has 0 saturated carbocycles. The highest BCUT2D eigenvalue weighted by molar-refractivity contribution is 7.13. The molecule has 0 atom stereocenters. The van der Waals surface area contributed by atoms with Crippen molar-refractivity contribution in [1.29, 1.82) is 0 Å². The fraction of sp³-hybridized carbons (Fsp3) is 1.00. The molecular weight excluding hydrogens is 222 g/mol. The topological polar surface area (TPSA) is 99.4 Å². The van der Waals surface area contributed by atoms with Crippen molar-refractivity contribution in [1.82, 2.24) is 0 Å². The van der Waals surface area contributed by atoms with E-state index in [4.69, 9.17) is 8.69 Å². The van der Waals surface area contributed by atoms with Crippen LogP contribution in [0.25, 0.3) is 0 Å². The first-order chi connectivity index (χ1) is 6.01. The Labute approximate surface area is 86.3 Å². The summed E-state index contributed by atoms with van der Waals surface area (Å²) in [5.41, 5.74) is 0. The van der Waals surface area contributed by atoms with Crippen LogP contribution in [0.2, 0.25) is 26.2 Å². The molecule has 6 nitrogen and oxygen atoms in total. The summed E-state index contributed by atoms with van der Waals surface area (Å²) >= 11 is 0. The van der Waals surface area contributed by atoms with Crippen LogP contribution in [0.1, 0.15) is 0 Å². The summed E-state index contributed by atoms with van der Waals surface area (Å²) in [4.78, 5) is 18.5. The zero-order chi connectivity index (χ0) is 11.6. The smallest absolute Gasteiger partial charge is 0.435 e. The summed E-state index contributed by atoms with van der Waals surface area (Å²) in [5.74, 6) is 0. The van der Waals surface area contributed by atoms with Crippen LogP contribution in [-0.2, 0) is 8.69 Å². The van der Waals surface area contributed by atoms with Gasteiger partial charge in [0.2, 0.25) is 0 Å². The Morgan fingerprint density at radius 1 is 0.786 bits per heavy atom. The van der Waals surface area contributed by atoms with Gasteiger partial charge in [-0.05, 0) is 26.2 Å². The molecule has 0 aliphatic heterocycles. The zero-order valence-corrected chi connectivity index (χ0v) is 10.8. The van der Waals surface area contributed by atoms with Crippen LogP contribution in [-0.4, -0.2) is 50.8 Å². The SMILES string of the molecule is C[Si](C)(O)OB(O)B(O)O[Si](C)(C)O. The molecule has 0 rings (SSSR count). The van der Waals surface area contributed by atoms with Crippen LogP contribution in [0, 0.1) is 0 Å². The van der Waals surface area contributed by atoms with Gasteiger partial charge in [-0.3, -0.25) is 0 Å². The second-order valence-corrected chi connectivity index (χ2v) is 10.2. The highest BCUT2D eigenvalue weighted by atomic mass is 28.4. The van der Waals surface area contributed by atoms with E-state index in [1.807, 2.05) is 0 Å². The summed E-state index contributed by atoms with van der Waals surface area (Å²) in [6.45, 7) is 5.74. The van der Waals surface area contributed by atoms with Gasteiger partial charge in [0, 0.05) is 0 Å². The van der Waals surface area contributed by atoms with Gasteiger partial charge in [0.25, 0.3) is 0 Å². The molecular formula is C4H16B2O6Si2. The lowest BCUT2D eigenvalue weighted by molar-refractivity contribution is 0.310. The maximum absolute atomic E-state index is 9.27. The van der Waals surface area contributed by atoms with Gasteiger partial charge in [0.1, 0.15) is 0 Å². The lowest BCUT2D eigenvalue weighted by atomic mass is 9.50. The zero-order valence-electron chi connectivity index (χ0n) is 8.76. The molecule has 0 unspecified atom stereocenters. The van der Waals surface area contributed by atoms with Crippen LogP contribution in [0.3, 0.4) is 0 Å². The molecule has 0 aromatic carbocycles. The quantitative estimate of drug-likeness (QED) is 0.432. The van der Waals surface area contributed by atoms with Crippen molar-refractivity contribution in [3.63, 3.8) is 0 Å². The lowest BCUT2D eigenvalue weighted by Gasteiger charge is -2.23. The van der Waals surface area contributed by atoms with Crippen molar-refractivity contribution in [3.8, 4) is 0 Å². The molecule has 0 fully saturated rings. The van der Waals surface area contributed by atoms with E-state index in [2.05, 4.69) is 0 Å². The van der Waals surface area contributed by atoms with Crippen molar-refractivity contribution in [3.05, 3.63) is 0 Å². The van der Waals surface area contributed by atoms with E-state index in [-0.39, 0.29) is 0 Å². The number of hydrogen-bond acceptors (Lipinski definition) is 6. The molecule has 4 N–H and O–H groups in total. The molecule has 0 aliphatic carbocycles. The van der Waals surface area contributed by atoms with Crippen molar-refractivity contribution in [2.45, 2.75) is 26.2 Å². The van der Waals surface area contributed by atoms with E-state index in [9.17, 15) is 19.6 Å². The third-order valence-corrected chi connectivity index (χ3v) is 2.70. The molecule has 0 radical (unpaired) electrons. The number of hydrogen-bond donors (Lipinski definition) is 4. The van der Waals surface area contributed by atoms with Gasteiger partial charge < -0.3 is 28.3 Å². The molecule has 0 aromatic rings. The minimum atomic E-state index is -2.91. The minimum absolute atomic E-state index is 1.43. The Balaban J connectivity index is 4.07. The predicted octanol–water partition coefficient (Wildman–Crippen LogP) is -1.55. The highest BCUT2D eigenvalue weighted by Crippen LogP contribution is 2.05. The molecule has 14 heavy (non-hydrogen) atoms. The van der Waals surface area contributed by atoms with E-state index in [0.717, 1.165) is 0 Å². The van der Waals surface area contributed by atoms with E-state index < -0.39 is 31.1 Å². The Morgan fingerprint density at radius 3 is 1.14 bits per heavy atom. The van der Waals surface area contributed by atoms with Crippen molar-refractivity contribution in [2.24, 2.45) is 0 Å². The van der Waals surface area contributed by atoms with Crippen molar-refractivity contribution < 1.29 is 28.3 Å². The molecule has 0 heterocycles. The van der Waals surface area contributed by atoms with Gasteiger partial charge in [-0.25, -0.2) is 0 Å². The molecule has 0 amide bonds. The summed E-state index contributed by atoms with van der Waals surface area (Å²) in [6, 6.07) is 0. The molecule has 0 aliphatic rings. The lowest BCUT2D eigenvalue weighted by Crippen LogP contribution is -2.53. The minimum Gasteiger partial charge on any atom is -0.435 e. The third-order valence-electron chi connectivity index (χ3n) is 1.06. The van der Waals surface area contributed by atoms with Gasteiger partial charge >= 0.3 is 31.1 Å². The average molecular weight is 238 g/mol. The van der Waals surface area contributed by atoms with E-state index >= 15 is 0 Å². The summed E-state index contributed by atoms with van der Waals surface area (Å²) in [5, 5.41) is 18.4. The molecule has 0 aromatic heterocycles. The first kappa shape index (κ1) is 14.3. The normalized spacial score (nSPS) is 12.9. The van der Waals surface area contributed by atoms with Crippen molar-refractivity contribution >= 4 is 31.1 Å². The maximum atomic E-state index is 9.27. The molecule has 0 saturated heterocycles. The van der Waals surface area contributed by atoms with Crippen LogP contribution >= 0.6 is 0 Å². The van der Waals surface area contributed by atoms with Crippen molar-refractivity contribution in [2.75, 3.05) is 0 Å². The Kier molecular flexibility index (Phi) is 5.01. The standard InChI is InChI=1S/C4H16B2O6Si2/c1-13(2,9)11-5(7)6(8)12-14(3,4)10/h7-10H,1-4H3. The van der Waals surface area contributed by atoms with Gasteiger partial charge in [-0.1, -0.05) is 0 Å². The van der Waals surface area contributed by atoms with Gasteiger partial charge in [0.05, 0.1) is 0 Å². The summed E-state index contributed by atoms with van der Waals surface area (Å²) < 4.78 is 9.46. The molecule has 82 valence electrons. The predicted molar refractivity (Wildman–Crippen MR) is 57.5 cm³/mol. The fourth-order valence-electron chi connectivity index (χ4n) is 0.707. The van der Waals surface area contributed by atoms with Crippen LogP contribution in [0.5, 0.6) is 0 Å². The second kappa shape index (κ2) is 4.90.